The molecule has 0 unspecified atom stereocenters. The van der Waals surface area contributed by atoms with E-state index in [9.17, 15) is 4.79 Å². The van der Waals surface area contributed by atoms with Crippen LogP contribution in [0, 0.1) is 0 Å². The number of rotatable bonds is 7. The zero-order valence-corrected chi connectivity index (χ0v) is 15.0. The van der Waals surface area contributed by atoms with E-state index >= 15 is 0 Å². The predicted molar refractivity (Wildman–Crippen MR) is 99.4 cm³/mol. The Labute approximate surface area is 153 Å². The molecule has 1 N–H and O–H groups in total. The van der Waals surface area contributed by atoms with Crippen molar-refractivity contribution in [2.45, 2.75) is 6.42 Å². The summed E-state index contributed by atoms with van der Waals surface area (Å²) in [5.74, 6) is 1.55. The van der Waals surface area contributed by atoms with E-state index in [1.54, 1.807) is 19.4 Å². The summed E-state index contributed by atoms with van der Waals surface area (Å²) in [5.41, 5.74) is 0.417. The van der Waals surface area contributed by atoms with Gasteiger partial charge in [0.1, 0.15) is 23.7 Å². The number of hydrogen-bond donors (Lipinski definition) is 1. The largest absolute Gasteiger partial charge is 0.385 e. The molecule has 8 nitrogen and oxygen atoms in total. The second-order valence-electron chi connectivity index (χ2n) is 6.03. The van der Waals surface area contributed by atoms with Gasteiger partial charge in [0, 0.05) is 58.7 Å². The van der Waals surface area contributed by atoms with E-state index in [-0.39, 0.29) is 5.91 Å². The first-order valence-corrected chi connectivity index (χ1v) is 8.78. The lowest BCUT2D eigenvalue weighted by Gasteiger charge is -2.35. The van der Waals surface area contributed by atoms with Crippen molar-refractivity contribution in [2.75, 3.05) is 56.7 Å². The molecule has 0 spiro atoms. The molecule has 26 heavy (non-hydrogen) atoms. The van der Waals surface area contributed by atoms with E-state index in [1.807, 2.05) is 23.1 Å². The van der Waals surface area contributed by atoms with Crippen LogP contribution in [0.15, 0.2) is 36.8 Å². The van der Waals surface area contributed by atoms with E-state index < -0.39 is 0 Å². The third-order valence-corrected chi connectivity index (χ3v) is 4.26. The first-order chi connectivity index (χ1) is 12.8. The van der Waals surface area contributed by atoms with E-state index in [1.165, 1.54) is 6.33 Å². The number of methoxy groups -OCH3 is 1. The van der Waals surface area contributed by atoms with Crippen molar-refractivity contribution >= 4 is 17.5 Å². The van der Waals surface area contributed by atoms with Gasteiger partial charge in [0.25, 0.3) is 5.91 Å². The molecular weight excluding hydrogens is 332 g/mol. The molecule has 2 aromatic rings. The third kappa shape index (κ3) is 4.66. The van der Waals surface area contributed by atoms with Gasteiger partial charge in [-0.05, 0) is 18.6 Å². The van der Waals surface area contributed by atoms with Gasteiger partial charge in [0.05, 0.1) is 0 Å². The Morgan fingerprint density at radius 3 is 2.77 bits per heavy atom. The van der Waals surface area contributed by atoms with Gasteiger partial charge in [-0.15, -0.1) is 0 Å². The Morgan fingerprint density at radius 1 is 1.19 bits per heavy atom. The van der Waals surface area contributed by atoms with Gasteiger partial charge in [0.2, 0.25) is 0 Å². The average Bonchev–Trinajstić information content (AvgIpc) is 2.72. The van der Waals surface area contributed by atoms with Crippen LogP contribution in [0.4, 0.5) is 11.6 Å². The molecular formula is C18H24N6O2. The van der Waals surface area contributed by atoms with E-state index in [0.29, 0.717) is 31.2 Å². The van der Waals surface area contributed by atoms with Crippen LogP contribution in [0.1, 0.15) is 16.9 Å². The highest BCUT2D eigenvalue weighted by Gasteiger charge is 2.23. The fourth-order valence-electron chi connectivity index (χ4n) is 2.85. The molecule has 0 aliphatic carbocycles. The summed E-state index contributed by atoms with van der Waals surface area (Å²) in [6.45, 7) is 4.24. The maximum Gasteiger partial charge on any atom is 0.272 e. The van der Waals surface area contributed by atoms with Gasteiger partial charge in [-0.2, -0.15) is 0 Å². The first-order valence-electron chi connectivity index (χ1n) is 8.78. The summed E-state index contributed by atoms with van der Waals surface area (Å²) in [4.78, 5) is 29.4. The fraction of sp³-hybridized carbons (Fsp3) is 0.444. The molecule has 1 saturated heterocycles. The summed E-state index contributed by atoms with van der Waals surface area (Å²) in [6.07, 6.45) is 4.09. The van der Waals surface area contributed by atoms with Crippen molar-refractivity contribution < 1.29 is 9.53 Å². The molecule has 3 rings (SSSR count). The molecule has 1 aliphatic heterocycles. The van der Waals surface area contributed by atoms with Gasteiger partial charge in [-0.25, -0.2) is 15.0 Å². The molecule has 8 heteroatoms. The molecule has 0 radical (unpaired) electrons. The van der Waals surface area contributed by atoms with Crippen molar-refractivity contribution in [1.29, 1.82) is 0 Å². The van der Waals surface area contributed by atoms with Crippen LogP contribution in [0.3, 0.4) is 0 Å². The molecule has 3 heterocycles. The van der Waals surface area contributed by atoms with Gasteiger partial charge in [-0.3, -0.25) is 4.79 Å². The Hall–Kier alpha value is -2.74. The molecule has 1 aliphatic rings. The maximum atomic E-state index is 12.7. The Kier molecular flexibility index (Phi) is 6.32. The van der Waals surface area contributed by atoms with Crippen molar-refractivity contribution in [1.82, 2.24) is 19.9 Å². The number of carbonyl (C=O) groups excluding carboxylic acids is 1. The quantitative estimate of drug-likeness (QED) is 0.748. The highest BCUT2D eigenvalue weighted by Crippen LogP contribution is 2.14. The number of anilines is 2. The molecule has 1 amide bonds. The molecule has 0 saturated carbocycles. The lowest BCUT2D eigenvalue weighted by molar-refractivity contribution is 0.0740. The molecule has 0 bridgehead atoms. The minimum absolute atomic E-state index is 0.0620. The maximum absolute atomic E-state index is 12.7. The van der Waals surface area contributed by atoms with Gasteiger partial charge in [0.15, 0.2) is 0 Å². The van der Waals surface area contributed by atoms with Crippen LogP contribution < -0.4 is 10.2 Å². The highest BCUT2D eigenvalue weighted by molar-refractivity contribution is 5.93. The van der Waals surface area contributed by atoms with E-state index in [2.05, 4.69) is 25.2 Å². The summed E-state index contributed by atoms with van der Waals surface area (Å²) in [5, 5.41) is 3.19. The number of nitrogens with one attached hydrogen (secondary N) is 1. The van der Waals surface area contributed by atoms with Gasteiger partial charge in [-0.1, -0.05) is 6.07 Å². The van der Waals surface area contributed by atoms with Crippen LogP contribution in [0.5, 0.6) is 0 Å². The summed E-state index contributed by atoms with van der Waals surface area (Å²) in [6, 6.07) is 7.57. The molecule has 0 aromatic carbocycles. The lowest BCUT2D eigenvalue weighted by atomic mass is 10.2. The molecule has 0 atom stereocenters. The molecule has 138 valence electrons. The second-order valence-corrected chi connectivity index (χ2v) is 6.03. The van der Waals surface area contributed by atoms with Gasteiger partial charge >= 0.3 is 0 Å². The number of ether oxygens (including phenoxy) is 1. The topological polar surface area (TPSA) is 83.5 Å². The summed E-state index contributed by atoms with van der Waals surface area (Å²) >= 11 is 0. The van der Waals surface area contributed by atoms with E-state index in [4.69, 9.17) is 4.74 Å². The lowest BCUT2D eigenvalue weighted by Crippen LogP contribution is -2.49. The van der Waals surface area contributed by atoms with Crippen LogP contribution in [0.25, 0.3) is 0 Å². The van der Waals surface area contributed by atoms with Crippen LogP contribution in [-0.4, -0.2) is 72.2 Å². The van der Waals surface area contributed by atoms with Crippen molar-refractivity contribution in [2.24, 2.45) is 0 Å². The Bertz CT molecular complexity index is 704. The predicted octanol–water partition coefficient (Wildman–Crippen LogP) is 1.28. The summed E-state index contributed by atoms with van der Waals surface area (Å²) < 4.78 is 5.02. The fourth-order valence-corrected chi connectivity index (χ4v) is 2.85. The normalized spacial score (nSPS) is 14.3. The van der Waals surface area contributed by atoms with Gasteiger partial charge < -0.3 is 19.9 Å². The SMILES string of the molecule is COCCCNc1cc(C(=O)N2CCN(c3ccccn3)CC2)ncn1. The standard InChI is InChI=1S/C18H24N6O2/c1-26-12-4-7-19-16-13-15(21-14-22-16)18(25)24-10-8-23(9-11-24)17-5-2-3-6-20-17/h2-3,5-6,13-14H,4,7-12H2,1H3,(H,19,21,22). The number of aromatic nitrogens is 3. The average molecular weight is 356 g/mol. The minimum atomic E-state index is -0.0620. The monoisotopic (exact) mass is 356 g/mol. The smallest absolute Gasteiger partial charge is 0.272 e. The molecule has 2 aromatic heterocycles. The minimum Gasteiger partial charge on any atom is -0.385 e. The van der Waals surface area contributed by atoms with Crippen LogP contribution >= 0.6 is 0 Å². The Balaban J connectivity index is 1.55. The zero-order valence-electron chi connectivity index (χ0n) is 15.0. The number of carbonyl (C=O) groups is 1. The number of nitrogens with zero attached hydrogens (tertiary/aromatic N) is 5. The number of piperazine rings is 1. The van der Waals surface area contributed by atoms with Crippen molar-refractivity contribution in [3.8, 4) is 0 Å². The van der Waals surface area contributed by atoms with Crippen molar-refractivity contribution in [3.05, 3.63) is 42.5 Å². The Morgan fingerprint density at radius 2 is 2.04 bits per heavy atom. The van der Waals surface area contributed by atoms with Crippen LogP contribution in [-0.2, 0) is 4.74 Å². The number of hydrogen-bond acceptors (Lipinski definition) is 7. The second kappa shape index (κ2) is 9.10. The van der Waals surface area contributed by atoms with E-state index in [0.717, 1.165) is 31.9 Å². The molecule has 1 fully saturated rings. The summed E-state index contributed by atoms with van der Waals surface area (Å²) in [7, 11) is 1.68. The first kappa shape index (κ1) is 18.1. The third-order valence-electron chi connectivity index (χ3n) is 4.26. The number of pyridine rings is 1. The zero-order chi connectivity index (χ0) is 18.2. The highest BCUT2D eigenvalue weighted by atomic mass is 16.5. The van der Waals surface area contributed by atoms with Crippen LogP contribution in [0.2, 0.25) is 0 Å². The van der Waals surface area contributed by atoms with Crippen molar-refractivity contribution in [3.63, 3.8) is 0 Å². The number of amides is 1.